The molecule has 0 aliphatic rings. The molecule has 0 amide bonds. The maximum absolute atomic E-state index is 12.8. The summed E-state index contributed by atoms with van der Waals surface area (Å²) in [5.41, 5.74) is 3.97. The molecule has 0 spiro atoms. The van der Waals surface area contributed by atoms with Crippen molar-refractivity contribution in [1.29, 1.82) is 0 Å². The monoisotopic (exact) mass is 518 g/mol. The molecule has 2 nitrogen and oxygen atoms in total. The third-order valence-electron chi connectivity index (χ3n) is 7.41. The molecule has 0 aliphatic carbocycles. The summed E-state index contributed by atoms with van der Waals surface area (Å²) in [6.45, 7) is 4.51. The molecule has 0 aromatic heterocycles. The van der Waals surface area contributed by atoms with Gasteiger partial charge < -0.3 is 10.2 Å². The van der Waals surface area contributed by atoms with Crippen molar-refractivity contribution in [2.24, 2.45) is 0 Å². The van der Waals surface area contributed by atoms with E-state index >= 15 is 0 Å². The van der Waals surface area contributed by atoms with Gasteiger partial charge in [-0.05, 0) is 54.4 Å². The van der Waals surface area contributed by atoms with E-state index in [4.69, 9.17) is 0 Å². The quantitative estimate of drug-likeness (QED) is 0.130. The van der Waals surface area contributed by atoms with Gasteiger partial charge in [0, 0.05) is 0 Å². The van der Waals surface area contributed by atoms with Crippen molar-refractivity contribution in [3.63, 3.8) is 0 Å². The van der Waals surface area contributed by atoms with E-state index < -0.39 is 0 Å². The van der Waals surface area contributed by atoms with Gasteiger partial charge >= 0.3 is 37.7 Å². The SMILES string of the molecule is CCCCCCCCCCc1cccc([O-])c1Cc1c([O-])cccc1CCCCCCCCCC.[Ca+2]. The molecule has 0 radical (unpaired) electrons. The molecule has 0 heterocycles. The van der Waals surface area contributed by atoms with Crippen LogP contribution >= 0.6 is 0 Å². The van der Waals surface area contributed by atoms with Crippen LogP contribution in [-0.2, 0) is 19.3 Å². The van der Waals surface area contributed by atoms with Crippen molar-refractivity contribution in [2.75, 3.05) is 0 Å². The van der Waals surface area contributed by atoms with Gasteiger partial charge in [-0.2, -0.15) is 0 Å². The van der Waals surface area contributed by atoms with Gasteiger partial charge in [0.25, 0.3) is 0 Å². The zero-order valence-electron chi connectivity index (χ0n) is 23.4. The number of rotatable bonds is 20. The van der Waals surface area contributed by atoms with E-state index in [-0.39, 0.29) is 49.2 Å². The second kappa shape index (κ2) is 21.3. The van der Waals surface area contributed by atoms with Gasteiger partial charge in [0.2, 0.25) is 0 Å². The van der Waals surface area contributed by atoms with Crippen molar-refractivity contribution in [1.82, 2.24) is 0 Å². The number of hydrogen-bond acceptors (Lipinski definition) is 2. The summed E-state index contributed by atoms with van der Waals surface area (Å²) in [7, 11) is 0. The van der Waals surface area contributed by atoms with Gasteiger partial charge in [-0.15, -0.1) is 11.5 Å². The summed E-state index contributed by atoms with van der Waals surface area (Å²) in [5, 5.41) is 25.6. The Morgan fingerprint density at radius 3 is 1.17 bits per heavy atom. The van der Waals surface area contributed by atoms with Crippen LogP contribution in [0.15, 0.2) is 36.4 Å². The first kappa shape index (κ1) is 33.3. The molecule has 0 saturated carbocycles. The maximum atomic E-state index is 12.8. The first-order valence-corrected chi connectivity index (χ1v) is 14.7. The van der Waals surface area contributed by atoms with Crippen LogP contribution < -0.4 is 10.2 Å². The second-order valence-corrected chi connectivity index (χ2v) is 10.4. The van der Waals surface area contributed by atoms with E-state index in [2.05, 4.69) is 26.0 Å². The summed E-state index contributed by atoms with van der Waals surface area (Å²) in [4.78, 5) is 0. The zero-order chi connectivity index (χ0) is 25.1. The van der Waals surface area contributed by atoms with Crippen LogP contribution in [0.25, 0.3) is 0 Å². The molecule has 0 N–H and O–H groups in total. The first-order valence-electron chi connectivity index (χ1n) is 14.7. The molecular weight excluding hydrogens is 468 g/mol. The first-order chi connectivity index (χ1) is 17.2. The standard InChI is InChI=1S/C33H52O2.Ca/c1-3-5-7-9-11-13-15-17-21-28-23-19-25-32(34)30(28)27-31-29(24-20-26-33(31)35)22-18-16-14-12-10-8-6-4-2;/h19-20,23-26,34-35H,3-18,21-22,27H2,1-2H3;/q;+2/p-2. The van der Waals surface area contributed by atoms with Crippen LogP contribution in [0, 0.1) is 0 Å². The Morgan fingerprint density at radius 2 is 0.806 bits per heavy atom. The van der Waals surface area contributed by atoms with E-state index in [1.54, 1.807) is 12.1 Å². The molecular formula is C33H50CaO2. The molecule has 0 fully saturated rings. The Balaban J connectivity index is 0.00000648. The smallest absolute Gasteiger partial charge is 0.872 e. The second-order valence-electron chi connectivity index (χ2n) is 10.4. The largest absolute Gasteiger partial charge is 2.00 e. The van der Waals surface area contributed by atoms with Crippen LogP contribution in [-0.4, -0.2) is 37.7 Å². The van der Waals surface area contributed by atoms with Crippen LogP contribution in [0.5, 0.6) is 11.5 Å². The molecule has 0 saturated heterocycles. The minimum Gasteiger partial charge on any atom is -0.872 e. The predicted octanol–water partition coefficient (Wildman–Crippen LogP) is 8.41. The summed E-state index contributed by atoms with van der Waals surface area (Å²) >= 11 is 0. The Labute approximate surface area is 252 Å². The molecule has 0 unspecified atom stereocenters. The molecule has 36 heavy (non-hydrogen) atoms. The number of aryl methyl sites for hydroxylation is 2. The Kier molecular flexibility index (Phi) is 19.7. The van der Waals surface area contributed by atoms with E-state index in [0.29, 0.717) is 6.42 Å². The van der Waals surface area contributed by atoms with Crippen molar-refractivity contribution >= 4 is 37.7 Å². The van der Waals surface area contributed by atoms with Crippen LogP contribution in [0.1, 0.15) is 139 Å². The summed E-state index contributed by atoms with van der Waals surface area (Å²) in [6, 6.07) is 11.3. The van der Waals surface area contributed by atoms with Gasteiger partial charge in [0.1, 0.15) is 0 Å². The van der Waals surface area contributed by atoms with Gasteiger partial charge in [-0.25, -0.2) is 0 Å². The number of benzene rings is 2. The third-order valence-corrected chi connectivity index (χ3v) is 7.41. The summed E-state index contributed by atoms with van der Waals surface area (Å²) in [5.74, 6) is 0.173. The fourth-order valence-corrected chi connectivity index (χ4v) is 5.17. The normalized spacial score (nSPS) is 10.9. The fraction of sp³-hybridized carbons (Fsp3) is 0.636. The van der Waals surface area contributed by atoms with Crippen LogP contribution in [0.2, 0.25) is 0 Å². The minimum atomic E-state index is 0. The molecule has 3 heteroatoms. The molecule has 196 valence electrons. The van der Waals surface area contributed by atoms with Crippen LogP contribution in [0.4, 0.5) is 0 Å². The number of hydrogen-bond donors (Lipinski definition) is 0. The van der Waals surface area contributed by atoms with Gasteiger partial charge in [0.15, 0.2) is 0 Å². The summed E-state index contributed by atoms with van der Waals surface area (Å²) in [6.07, 6.45) is 22.9. The molecule has 2 aromatic carbocycles. The van der Waals surface area contributed by atoms with Gasteiger partial charge in [-0.1, -0.05) is 140 Å². The van der Waals surface area contributed by atoms with E-state index in [1.807, 2.05) is 12.1 Å². The predicted molar refractivity (Wildman–Crippen MR) is 153 cm³/mol. The maximum Gasteiger partial charge on any atom is 2.00 e. The van der Waals surface area contributed by atoms with Crippen molar-refractivity contribution in [2.45, 2.75) is 136 Å². The molecule has 2 rings (SSSR count). The third kappa shape index (κ3) is 13.2. The Morgan fingerprint density at radius 1 is 0.472 bits per heavy atom. The summed E-state index contributed by atoms with van der Waals surface area (Å²) < 4.78 is 0. The average Bonchev–Trinajstić information content (AvgIpc) is 2.85. The van der Waals surface area contributed by atoms with Crippen LogP contribution in [0.3, 0.4) is 0 Å². The molecule has 0 bridgehead atoms. The minimum absolute atomic E-state index is 0. The van der Waals surface area contributed by atoms with E-state index in [0.717, 1.165) is 47.9 Å². The molecule has 0 aliphatic heterocycles. The molecule has 2 aromatic rings. The fourth-order valence-electron chi connectivity index (χ4n) is 5.17. The Hall–Kier alpha value is -0.700. The van der Waals surface area contributed by atoms with E-state index in [1.165, 1.54) is 89.9 Å². The number of unbranched alkanes of at least 4 members (excludes halogenated alkanes) is 14. The van der Waals surface area contributed by atoms with Gasteiger partial charge in [0.05, 0.1) is 0 Å². The van der Waals surface area contributed by atoms with Gasteiger partial charge in [-0.3, -0.25) is 0 Å². The van der Waals surface area contributed by atoms with Crippen molar-refractivity contribution in [3.05, 3.63) is 58.7 Å². The Bertz CT molecular complexity index is 750. The topological polar surface area (TPSA) is 46.1 Å². The van der Waals surface area contributed by atoms with Crippen molar-refractivity contribution < 1.29 is 10.2 Å². The van der Waals surface area contributed by atoms with E-state index in [9.17, 15) is 10.2 Å². The average molecular weight is 519 g/mol. The zero-order valence-corrected chi connectivity index (χ0v) is 25.6. The van der Waals surface area contributed by atoms with Crippen molar-refractivity contribution in [3.8, 4) is 11.5 Å². The molecule has 0 atom stereocenters.